The first kappa shape index (κ1) is 18.0. The molecule has 134 valence electrons. The molecule has 0 saturated heterocycles. The third kappa shape index (κ3) is 4.43. The minimum atomic E-state index is -0.0650. The molecule has 0 unspecified atom stereocenters. The Morgan fingerprint density at radius 2 is 1.88 bits per heavy atom. The molecule has 1 aromatic heterocycles. The van der Waals surface area contributed by atoms with Crippen molar-refractivity contribution in [2.45, 2.75) is 26.7 Å². The lowest BCUT2D eigenvalue weighted by molar-refractivity contribution is -0.116. The summed E-state index contributed by atoms with van der Waals surface area (Å²) in [5.74, 6) is 1.93. The van der Waals surface area contributed by atoms with Gasteiger partial charge in [0, 0.05) is 17.7 Å². The van der Waals surface area contributed by atoms with Gasteiger partial charge in [0.2, 0.25) is 5.91 Å². The molecule has 0 saturated carbocycles. The van der Waals surface area contributed by atoms with E-state index >= 15 is 0 Å². The van der Waals surface area contributed by atoms with Gasteiger partial charge in [-0.05, 0) is 56.7 Å². The fourth-order valence-electron chi connectivity index (χ4n) is 2.58. The summed E-state index contributed by atoms with van der Waals surface area (Å²) in [5, 5.41) is 7.32. The molecule has 1 amide bonds. The second-order valence-electron chi connectivity index (χ2n) is 5.91. The summed E-state index contributed by atoms with van der Waals surface area (Å²) in [5.41, 5.74) is 2.53. The molecule has 0 aliphatic rings. The number of hydrogen-bond donors (Lipinski definition) is 1. The number of aromatic nitrogens is 1. The molecule has 0 aliphatic heterocycles. The Kier molecular flexibility index (Phi) is 5.58. The number of carbonyl (C=O) groups is 1. The van der Waals surface area contributed by atoms with E-state index in [1.54, 1.807) is 36.4 Å². The molecule has 0 aliphatic carbocycles. The Bertz CT molecular complexity index is 884. The zero-order valence-electron chi connectivity index (χ0n) is 14.6. The molecular formula is C20H19ClN2O3. The molecular weight excluding hydrogens is 352 g/mol. The van der Waals surface area contributed by atoms with E-state index in [0.29, 0.717) is 35.1 Å². The van der Waals surface area contributed by atoms with Crippen molar-refractivity contribution in [3.8, 4) is 11.5 Å². The average molecular weight is 371 g/mol. The number of hydrogen-bond acceptors (Lipinski definition) is 4. The standard InChI is InChI=1S/C20H19ClN2O3/c1-13-17(14(2)26-23-13)11-12-20(24)22-15-7-9-16(10-8-15)25-19-6-4-3-5-18(19)21/h3-10H,11-12H2,1-2H3,(H,22,24). The zero-order chi connectivity index (χ0) is 18.5. The molecule has 2 aromatic carbocycles. The van der Waals surface area contributed by atoms with Crippen LogP contribution in [0.15, 0.2) is 53.1 Å². The molecule has 6 heteroatoms. The minimum Gasteiger partial charge on any atom is -0.456 e. The highest BCUT2D eigenvalue weighted by Crippen LogP contribution is 2.29. The quantitative estimate of drug-likeness (QED) is 0.638. The second-order valence-corrected chi connectivity index (χ2v) is 6.31. The molecule has 0 atom stereocenters. The van der Waals surface area contributed by atoms with E-state index in [1.807, 2.05) is 26.0 Å². The molecule has 0 fully saturated rings. The van der Waals surface area contributed by atoms with Crippen LogP contribution in [0.2, 0.25) is 5.02 Å². The molecule has 26 heavy (non-hydrogen) atoms. The van der Waals surface area contributed by atoms with Crippen molar-refractivity contribution in [2.75, 3.05) is 5.32 Å². The summed E-state index contributed by atoms with van der Waals surface area (Å²) in [6, 6.07) is 14.4. The van der Waals surface area contributed by atoms with Gasteiger partial charge in [-0.15, -0.1) is 0 Å². The van der Waals surface area contributed by atoms with Gasteiger partial charge in [-0.25, -0.2) is 0 Å². The van der Waals surface area contributed by atoms with Crippen LogP contribution in [0.3, 0.4) is 0 Å². The summed E-state index contributed by atoms with van der Waals surface area (Å²) in [4.78, 5) is 12.1. The van der Waals surface area contributed by atoms with E-state index < -0.39 is 0 Å². The smallest absolute Gasteiger partial charge is 0.224 e. The maximum absolute atomic E-state index is 12.1. The summed E-state index contributed by atoms with van der Waals surface area (Å²) < 4.78 is 10.8. The number of halogens is 1. The molecule has 0 spiro atoms. The van der Waals surface area contributed by atoms with Gasteiger partial charge >= 0.3 is 0 Å². The Hall–Kier alpha value is -2.79. The highest BCUT2D eigenvalue weighted by molar-refractivity contribution is 6.32. The van der Waals surface area contributed by atoms with Crippen molar-refractivity contribution < 1.29 is 14.1 Å². The first-order valence-corrected chi connectivity index (χ1v) is 8.65. The van der Waals surface area contributed by atoms with E-state index in [4.69, 9.17) is 20.9 Å². The maximum atomic E-state index is 12.1. The van der Waals surface area contributed by atoms with Gasteiger partial charge in [-0.1, -0.05) is 28.9 Å². The lowest BCUT2D eigenvalue weighted by atomic mass is 10.1. The summed E-state index contributed by atoms with van der Waals surface area (Å²) in [6.45, 7) is 3.73. The van der Waals surface area contributed by atoms with Crippen LogP contribution >= 0.6 is 11.6 Å². The largest absolute Gasteiger partial charge is 0.456 e. The monoisotopic (exact) mass is 370 g/mol. The molecule has 1 N–H and O–H groups in total. The fraction of sp³-hybridized carbons (Fsp3) is 0.200. The number of rotatable bonds is 6. The van der Waals surface area contributed by atoms with Crippen LogP contribution in [-0.4, -0.2) is 11.1 Å². The van der Waals surface area contributed by atoms with Crippen molar-refractivity contribution in [2.24, 2.45) is 0 Å². The van der Waals surface area contributed by atoms with E-state index in [2.05, 4.69) is 10.5 Å². The molecule has 0 bridgehead atoms. The van der Waals surface area contributed by atoms with Gasteiger partial charge < -0.3 is 14.6 Å². The van der Waals surface area contributed by atoms with Gasteiger partial charge in [-0.3, -0.25) is 4.79 Å². The number of benzene rings is 2. The van der Waals surface area contributed by atoms with Crippen molar-refractivity contribution in [3.05, 3.63) is 70.6 Å². The van der Waals surface area contributed by atoms with Gasteiger partial charge in [0.15, 0.2) is 0 Å². The van der Waals surface area contributed by atoms with Crippen LogP contribution in [0.25, 0.3) is 0 Å². The topological polar surface area (TPSA) is 64.4 Å². The number of aryl methyl sites for hydroxylation is 2. The molecule has 0 radical (unpaired) electrons. The van der Waals surface area contributed by atoms with Crippen LogP contribution < -0.4 is 10.1 Å². The van der Waals surface area contributed by atoms with Gasteiger partial charge in [0.1, 0.15) is 17.3 Å². The van der Waals surface area contributed by atoms with Gasteiger partial charge in [0.25, 0.3) is 0 Å². The highest BCUT2D eigenvalue weighted by Gasteiger charge is 2.11. The first-order chi connectivity index (χ1) is 12.5. The van der Waals surface area contributed by atoms with Crippen LogP contribution in [0.5, 0.6) is 11.5 Å². The molecule has 5 nitrogen and oxygen atoms in total. The number of amides is 1. The van der Waals surface area contributed by atoms with Gasteiger partial charge in [0.05, 0.1) is 10.7 Å². The number of para-hydroxylation sites is 1. The second kappa shape index (κ2) is 8.06. The lowest BCUT2D eigenvalue weighted by Crippen LogP contribution is -2.12. The maximum Gasteiger partial charge on any atom is 0.224 e. The Morgan fingerprint density at radius 3 is 2.54 bits per heavy atom. The summed E-state index contributed by atoms with van der Waals surface area (Å²) in [6.07, 6.45) is 0.960. The van der Waals surface area contributed by atoms with Crippen LogP contribution in [-0.2, 0) is 11.2 Å². The summed E-state index contributed by atoms with van der Waals surface area (Å²) >= 11 is 6.08. The molecule has 3 aromatic rings. The highest BCUT2D eigenvalue weighted by atomic mass is 35.5. The lowest BCUT2D eigenvalue weighted by Gasteiger charge is -2.09. The number of carbonyl (C=O) groups excluding carboxylic acids is 1. The van der Waals surface area contributed by atoms with E-state index in [9.17, 15) is 4.79 Å². The van der Waals surface area contributed by atoms with Crippen molar-refractivity contribution in [1.29, 1.82) is 0 Å². The third-order valence-corrected chi connectivity index (χ3v) is 4.30. The van der Waals surface area contributed by atoms with Crippen molar-refractivity contribution in [1.82, 2.24) is 5.16 Å². The number of nitrogens with zero attached hydrogens (tertiary/aromatic N) is 1. The number of ether oxygens (including phenoxy) is 1. The van der Waals surface area contributed by atoms with Crippen LogP contribution in [0.4, 0.5) is 5.69 Å². The van der Waals surface area contributed by atoms with E-state index in [-0.39, 0.29) is 5.91 Å². The SMILES string of the molecule is Cc1noc(C)c1CCC(=O)Nc1ccc(Oc2ccccc2Cl)cc1. The normalized spacial score (nSPS) is 10.6. The Morgan fingerprint density at radius 1 is 1.15 bits per heavy atom. The zero-order valence-corrected chi connectivity index (χ0v) is 15.3. The van der Waals surface area contributed by atoms with Crippen LogP contribution in [0, 0.1) is 13.8 Å². The predicted molar refractivity (Wildman–Crippen MR) is 101 cm³/mol. The molecule has 3 rings (SSSR count). The van der Waals surface area contributed by atoms with E-state index in [1.165, 1.54) is 0 Å². The predicted octanol–water partition coefficient (Wildman–Crippen LogP) is 5.31. The third-order valence-electron chi connectivity index (χ3n) is 3.99. The van der Waals surface area contributed by atoms with Crippen molar-refractivity contribution in [3.63, 3.8) is 0 Å². The summed E-state index contributed by atoms with van der Waals surface area (Å²) in [7, 11) is 0. The van der Waals surface area contributed by atoms with E-state index in [0.717, 1.165) is 17.0 Å². The van der Waals surface area contributed by atoms with Gasteiger partial charge in [-0.2, -0.15) is 0 Å². The minimum absolute atomic E-state index is 0.0650. The average Bonchev–Trinajstić information content (AvgIpc) is 2.95. The van der Waals surface area contributed by atoms with Crippen LogP contribution in [0.1, 0.15) is 23.4 Å². The molecule has 1 heterocycles. The Labute approximate surface area is 156 Å². The van der Waals surface area contributed by atoms with Crippen molar-refractivity contribution >= 4 is 23.2 Å². The number of nitrogens with one attached hydrogen (secondary N) is 1. The fourth-order valence-corrected chi connectivity index (χ4v) is 2.76. The number of anilines is 1. The first-order valence-electron chi connectivity index (χ1n) is 8.27. The Balaban J connectivity index is 1.55.